The maximum atomic E-state index is 13.1. The number of nitrogens with zero attached hydrogens (tertiary/aromatic N) is 1. The molecule has 178 valence electrons. The van der Waals surface area contributed by atoms with E-state index < -0.39 is 15.8 Å². The highest BCUT2D eigenvalue weighted by atomic mass is 32.2. The van der Waals surface area contributed by atoms with E-state index in [1.54, 1.807) is 43.3 Å². The summed E-state index contributed by atoms with van der Waals surface area (Å²) in [5.41, 5.74) is 1.12. The van der Waals surface area contributed by atoms with Gasteiger partial charge in [-0.2, -0.15) is 0 Å². The molecule has 1 saturated heterocycles. The summed E-state index contributed by atoms with van der Waals surface area (Å²) in [7, 11) is -3.03. The zero-order valence-corrected chi connectivity index (χ0v) is 19.3. The van der Waals surface area contributed by atoms with Crippen molar-refractivity contribution in [1.82, 2.24) is 4.90 Å². The Hall–Kier alpha value is -3.37. The summed E-state index contributed by atoms with van der Waals surface area (Å²) in [5.74, 6) is 0.827. The van der Waals surface area contributed by atoms with Crippen molar-refractivity contribution in [2.24, 2.45) is 0 Å². The minimum absolute atomic E-state index is 0.00630. The molecule has 9 nitrogen and oxygen atoms in total. The molecule has 0 radical (unpaired) electrons. The number of esters is 1. The normalized spacial score (nSPS) is 19.4. The summed E-state index contributed by atoms with van der Waals surface area (Å²) in [4.78, 5) is 26.9. The lowest BCUT2D eigenvalue weighted by atomic mass is 10.1. The number of benzene rings is 2. The molecule has 1 fully saturated rings. The predicted octanol–water partition coefficient (Wildman–Crippen LogP) is 3.10. The number of ether oxygens (including phenoxy) is 3. The molecule has 2 aliphatic heterocycles. The average Bonchev–Trinajstić information content (AvgIpc) is 3.20. The summed E-state index contributed by atoms with van der Waals surface area (Å²) >= 11 is 0. The van der Waals surface area contributed by atoms with E-state index in [0.717, 1.165) is 0 Å². The molecule has 0 N–H and O–H groups in total. The monoisotopic (exact) mass is 485 g/mol. The number of carbonyl (C=O) groups is 1. The second-order valence-corrected chi connectivity index (χ2v) is 10.5. The van der Waals surface area contributed by atoms with E-state index in [2.05, 4.69) is 0 Å². The van der Waals surface area contributed by atoms with E-state index in [4.69, 9.17) is 18.6 Å². The summed E-state index contributed by atoms with van der Waals surface area (Å²) in [6.07, 6.45) is 1.81. The van der Waals surface area contributed by atoms with E-state index in [1.165, 1.54) is 6.26 Å². The molecule has 34 heavy (non-hydrogen) atoms. The molecule has 5 rings (SSSR count). The van der Waals surface area contributed by atoms with Gasteiger partial charge in [-0.05, 0) is 49.7 Å². The maximum absolute atomic E-state index is 13.1. The van der Waals surface area contributed by atoms with Gasteiger partial charge in [-0.1, -0.05) is 0 Å². The van der Waals surface area contributed by atoms with Crippen LogP contribution in [0, 0.1) is 0 Å². The smallest absolute Gasteiger partial charge is 0.338 e. The van der Waals surface area contributed by atoms with Crippen molar-refractivity contribution < 1.29 is 31.8 Å². The van der Waals surface area contributed by atoms with Crippen LogP contribution in [-0.2, 0) is 21.1 Å². The molecule has 0 amide bonds. The molecule has 0 spiro atoms. The topological polar surface area (TPSA) is 112 Å². The van der Waals surface area contributed by atoms with Crippen molar-refractivity contribution in [1.29, 1.82) is 0 Å². The number of rotatable bonds is 5. The van der Waals surface area contributed by atoms with Crippen molar-refractivity contribution in [3.05, 3.63) is 64.0 Å². The Balaban J connectivity index is 1.40. The van der Waals surface area contributed by atoms with Gasteiger partial charge >= 0.3 is 5.97 Å². The maximum Gasteiger partial charge on any atom is 0.338 e. The molecule has 0 bridgehead atoms. The van der Waals surface area contributed by atoms with Gasteiger partial charge in [-0.15, -0.1) is 0 Å². The standard InChI is InChI=1S/C24H23NO8S/c1-2-30-24(27)15-3-5-17(6-4-15)33-21-12-31-23-18(22(21)26)7-8-20-19(23)11-25(14-32-20)16-9-10-34(28,29)13-16/h3-8,12,16H,2,9-11,13-14H2,1H3. The molecule has 1 unspecified atom stereocenters. The van der Waals surface area contributed by atoms with Crippen molar-refractivity contribution in [2.75, 3.05) is 24.8 Å². The Labute approximate surface area is 195 Å². The molecular weight excluding hydrogens is 462 g/mol. The molecule has 3 heterocycles. The molecule has 2 aromatic carbocycles. The van der Waals surface area contributed by atoms with Gasteiger partial charge in [0.1, 0.15) is 30.1 Å². The van der Waals surface area contributed by atoms with E-state index >= 15 is 0 Å². The van der Waals surface area contributed by atoms with Gasteiger partial charge in [0.25, 0.3) is 0 Å². The van der Waals surface area contributed by atoms with Crippen LogP contribution in [0.5, 0.6) is 17.2 Å². The molecule has 0 aliphatic carbocycles. The lowest BCUT2D eigenvalue weighted by Crippen LogP contribution is -2.41. The number of carbonyl (C=O) groups excluding carboxylic acids is 1. The van der Waals surface area contributed by atoms with Gasteiger partial charge < -0.3 is 18.6 Å². The SMILES string of the molecule is CCOC(=O)c1ccc(Oc2coc3c4c(ccc3c2=O)OCN(C2CCS(=O)(=O)C2)C4)cc1. The first-order valence-electron chi connectivity index (χ1n) is 10.9. The Morgan fingerprint density at radius 1 is 1.18 bits per heavy atom. The largest absolute Gasteiger partial charge is 0.478 e. The minimum atomic E-state index is -3.03. The van der Waals surface area contributed by atoms with Crippen molar-refractivity contribution in [3.63, 3.8) is 0 Å². The van der Waals surface area contributed by atoms with E-state index in [1.807, 2.05) is 4.90 Å². The van der Waals surface area contributed by atoms with Crippen LogP contribution in [0.3, 0.4) is 0 Å². The lowest BCUT2D eigenvalue weighted by Gasteiger charge is -2.33. The Bertz CT molecular complexity index is 1410. The van der Waals surface area contributed by atoms with Crippen LogP contribution in [0.25, 0.3) is 11.0 Å². The van der Waals surface area contributed by atoms with E-state index in [0.29, 0.717) is 46.6 Å². The lowest BCUT2D eigenvalue weighted by molar-refractivity contribution is 0.0526. The molecule has 0 saturated carbocycles. The average molecular weight is 486 g/mol. The fraction of sp³-hybridized carbons (Fsp3) is 0.333. The van der Waals surface area contributed by atoms with Gasteiger partial charge in [0.2, 0.25) is 11.2 Å². The molecule has 1 atom stereocenters. The van der Waals surface area contributed by atoms with Crippen LogP contribution >= 0.6 is 0 Å². The predicted molar refractivity (Wildman–Crippen MR) is 123 cm³/mol. The van der Waals surface area contributed by atoms with Gasteiger partial charge in [-0.25, -0.2) is 13.2 Å². The second kappa shape index (κ2) is 8.77. The van der Waals surface area contributed by atoms with Gasteiger partial charge in [0.15, 0.2) is 9.84 Å². The van der Waals surface area contributed by atoms with Crippen molar-refractivity contribution in [3.8, 4) is 17.2 Å². The van der Waals surface area contributed by atoms with Crippen LogP contribution in [0.2, 0.25) is 0 Å². The van der Waals surface area contributed by atoms with Crippen molar-refractivity contribution >= 4 is 26.8 Å². The first-order valence-corrected chi connectivity index (χ1v) is 12.8. The minimum Gasteiger partial charge on any atom is -0.478 e. The first kappa shape index (κ1) is 22.4. The highest BCUT2D eigenvalue weighted by Crippen LogP contribution is 2.34. The molecule has 2 aliphatic rings. The zero-order valence-electron chi connectivity index (χ0n) is 18.5. The summed E-state index contributed by atoms with van der Waals surface area (Å²) in [6.45, 7) is 2.72. The van der Waals surface area contributed by atoms with E-state index in [9.17, 15) is 18.0 Å². The molecule has 1 aromatic heterocycles. The number of hydrogen-bond donors (Lipinski definition) is 0. The third kappa shape index (κ3) is 4.26. The van der Waals surface area contributed by atoms with Crippen LogP contribution in [0.15, 0.2) is 51.9 Å². The summed E-state index contributed by atoms with van der Waals surface area (Å²) in [5, 5.41) is 0.337. The summed E-state index contributed by atoms with van der Waals surface area (Å²) in [6, 6.07) is 9.49. The fourth-order valence-electron chi connectivity index (χ4n) is 4.28. The van der Waals surface area contributed by atoms with Gasteiger partial charge in [0, 0.05) is 12.6 Å². The van der Waals surface area contributed by atoms with Crippen LogP contribution in [0.1, 0.15) is 29.3 Å². The first-order chi connectivity index (χ1) is 16.3. The number of hydrogen-bond acceptors (Lipinski definition) is 9. The third-order valence-electron chi connectivity index (χ3n) is 6.03. The van der Waals surface area contributed by atoms with Crippen LogP contribution in [0.4, 0.5) is 0 Å². The van der Waals surface area contributed by atoms with Gasteiger partial charge in [0.05, 0.1) is 34.6 Å². The van der Waals surface area contributed by atoms with Crippen LogP contribution in [-0.4, -0.2) is 50.2 Å². The molecule has 10 heteroatoms. The quantitative estimate of drug-likeness (QED) is 0.503. The fourth-order valence-corrected chi connectivity index (χ4v) is 6.04. The number of sulfone groups is 1. The third-order valence-corrected chi connectivity index (χ3v) is 7.79. The number of fused-ring (bicyclic) bond motifs is 3. The second-order valence-electron chi connectivity index (χ2n) is 8.27. The highest BCUT2D eigenvalue weighted by Gasteiger charge is 2.35. The Morgan fingerprint density at radius 3 is 2.68 bits per heavy atom. The zero-order chi connectivity index (χ0) is 23.9. The Kier molecular flexibility index (Phi) is 5.78. The van der Waals surface area contributed by atoms with E-state index in [-0.39, 0.29) is 42.1 Å². The Morgan fingerprint density at radius 2 is 1.97 bits per heavy atom. The van der Waals surface area contributed by atoms with Crippen molar-refractivity contribution in [2.45, 2.75) is 25.9 Å². The molecule has 3 aromatic rings. The van der Waals surface area contributed by atoms with Gasteiger partial charge in [-0.3, -0.25) is 9.69 Å². The van der Waals surface area contributed by atoms with Crippen LogP contribution < -0.4 is 14.9 Å². The highest BCUT2D eigenvalue weighted by molar-refractivity contribution is 7.91. The molecular formula is C24H23NO8S. The summed E-state index contributed by atoms with van der Waals surface area (Å²) < 4.78 is 46.1.